The fraction of sp³-hybridized carbons (Fsp3) is 0.100. The first kappa shape index (κ1) is 11.7. The Labute approximate surface area is 106 Å². The monoisotopic (exact) mass is 267 g/mol. The summed E-state index contributed by atoms with van der Waals surface area (Å²) in [5.74, 6) is 0. The molecule has 2 aromatic heterocycles. The number of anilines is 1. The Hall–Kier alpha value is -1.73. The molecular weight excluding hydrogens is 258 g/mol. The van der Waals surface area contributed by atoms with Crippen molar-refractivity contribution in [1.82, 2.24) is 10.2 Å². The van der Waals surface area contributed by atoms with E-state index in [0.717, 1.165) is 9.88 Å². The Bertz CT molecular complexity index is 507. The van der Waals surface area contributed by atoms with E-state index in [9.17, 15) is 4.79 Å². The molecule has 0 saturated carbocycles. The van der Waals surface area contributed by atoms with Crippen LogP contribution in [0, 0.1) is 0 Å². The number of hydrogen-bond acceptors (Lipinski definition) is 6. The normalized spacial score (nSPS) is 9.88. The summed E-state index contributed by atoms with van der Waals surface area (Å²) in [5.41, 5.74) is 0. The molecule has 0 aliphatic heterocycles. The van der Waals surface area contributed by atoms with E-state index in [0.29, 0.717) is 5.13 Å². The lowest BCUT2D eigenvalue weighted by Crippen LogP contribution is -2.13. The lowest BCUT2D eigenvalue weighted by Gasteiger charge is -1.99. The summed E-state index contributed by atoms with van der Waals surface area (Å²) < 4.78 is 4.77. The van der Waals surface area contributed by atoms with Crippen LogP contribution in [0.3, 0.4) is 0 Å². The number of aromatic nitrogens is 2. The Kier molecular flexibility index (Phi) is 3.84. The second kappa shape index (κ2) is 5.55. The van der Waals surface area contributed by atoms with E-state index in [4.69, 9.17) is 4.74 Å². The molecule has 0 bridgehead atoms. The summed E-state index contributed by atoms with van der Waals surface area (Å²) in [5, 5.41) is 13.5. The molecule has 0 aliphatic carbocycles. The first-order valence-corrected chi connectivity index (χ1v) is 6.41. The van der Waals surface area contributed by atoms with Gasteiger partial charge in [-0.05, 0) is 11.4 Å². The summed E-state index contributed by atoms with van der Waals surface area (Å²) in [7, 11) is 0. The van der Waals surface area contributed by atoms with E-state index in [1.54, 1.807) is 11.3 Å². The third kappa shape index (κ3) is 3.11. The number of amides is 1. The maximum absolute atomic E-state index is 11.2. The van der Waals surface area contributed by atoms with Crippen molar-refractivity contribution in [3.63, 3.8) is 0 Å². The van der Waals surface area contributed by atoms with Gasteiger partial charge in [-0.2, -0.15) is 0 Å². The Morgan fingerprint density at radius 2 is 2.47 bits per heavy atom. The van der Waals surface area contributed by atoms with E-state index in [-0.39, 0.29) is 6.61 Å². The highest BCUT2D eigenvalue weighted by Crippen LogP contribution is 2.29. The van der Waals surface area contributed by atoms with Crippen molar-refractivity contribution >= 4 is 33.9 Å². The fourth-order valence-corrected chi connectivity index (χ4v) is 2.55. The highest BCUT2D eigenvalue weighted by Gasteiger charge is 2.10. The van der Waals surface area contributed by atoms with Crippen LogP contribution in [0.4, 0.5) is 9.93 Å². The first-order valence-electron chi connectivity index (χ1n) is 4.71. The molecular formula is C10H9N3O2S2. The Balaban J connectivity index is 1.99. The number of carbonyl (C=O) groups is 1. The first-order chi connectivity index (χ1) is 8.29. The second-order valence-corrected chi connectivity index (χ2v) is 4.83. The molecule has 1 N–H and O–H groups in total. The van der Waals surface area contributed by atoms with Gasteiger partial charge in [0.15, 0.2) is 5.01 Å². The lowest BCUT2D eigenvalue weighted by molar-refractivity contribution is 0.174. The van der Waals surface area contributed by atoms with Gasteiger partial charge in [0, 0.05) is 0 Å². The van der Waals surface area contributed by atoms with Gasteiger partial charge < -0.3 is 4.74 Å². The molecule has 17 heavy (non-hydrogen) atoms. The topological polar surface area (TPSA) is 64.1 Å². The molecule has 0 unspecified atom stereocenters. The molecule has 2 aromatic rings. The van der Waals surface area contributed by atoms with Gasteiger partial charge in [-0.1, -0.05) is 30.1 Å². The van der Waals surface area contributed by atoms with Crippen molar-refractivity contribution in [3.05, 3.63) is 30.2 Å². The fourth-order valence-electron chi connectivity index (χ4n) is 1.03. The van der Waals surface area contributed by atoms with Gasteiger partial charge in [-0.15, -0.1) is 21.5 Å². The number of rotatable bonds is 4. The predicted octanol–water partition coefficient (Wildman–Crippen LogP) is 3.00. The Morgan fingerprint density at radius 3 is 3.18 bits per heavy atom. The molecule has 88 valence electrons. The summed E-state index contributed by atoms with van der Waals surface area (Å²) in [4.78, 5) is 12.3. The van der Waals surface area contributed by atoms with E-state index in [2.05, 4.69) is 22.1 Å². The number of carbonyl (C=O) groups excluding carboxylic acids is 1. The van der Waals surface area contributed by atoms with Crippen LogP contribution in [0.2, 0.25) is 0 Å². The van der Waals surface area contributed by atoms with Gasteiger partial charge in [0.2, 0.25) is 5.13 Å². The van der Waals surface area contributed by atoms with E-state index < -0.39 is 6.09 Å². The molecule has 0 aromatic carbocycles. The van der Waals surface area contributed by atoms with Crippen LogP contribution in [-0.4, -0.2) is 22.9 Å². The van der Waals surface area contributed by atoms with Crippen LogP contribution >= 0.6 is 22.7 Å². The standard InChI is InChI=1S/C10H9N3O2S2/c1-2-5-15-10(14)11-9-13-12-8(17-9)7-4-3-6-16-7/h2-4,6H,1,5H2,(H,11,13,14). The van der Waals surface area contributed by atoms with Crippen LogP contribution in [-0.2, 0) is 4.74 Å². The number of nitrogens with zero attached hydrogens (tertiary/aromatic N) is 2. The minimum Gasteiger partial charge on any atom is -0.445 e. The summed E-state index contributed by atoms with van der Waals surface area (Å²) in [6, 6.07) is 3.89. The molecule has 1 amide bonds. The lowest BCUT2D eigenvalue weighted by atomic mass is 10.5. The van der Waals surface area contributed by atoms with Gasteiger partial charge in [0.05, 0.1) is 4.88 Å². The van der Waals surface area contributed by atoms with Crippen molar-refractivity contribution in [2.24, 2.45) is 0 Å². The van der Waals surface area contributed by atoms with Crippen LogP contribution in [0.15, 0.2) is 30.2 Å². The van der Waals surface area contributed by atoms with Crippen LogP contribution < -0.4 is 5.32 Å². The van der Waals surface area contributed by atoms with Crippen molar-refractivity contribution in [3.8, 4) is 9.88 Å². The average Bonchev–Trinajstić information content (AvgIpc) is 2.95. The van der Waals surface area contributed by atoms with Gasteiger partial charge in [-0.25, -0.2) is 4.79 Å². The van der Waals surface area contributed by atoms with Gasteiger partial charge in [0.25, 0.3) is 0 Å². The molecule has 5 nitrogen and oxygen atoms in total. The van der Waals surface area contributed by atoms with Crippen molar-refractivity contribution in [2.45, 2.75) is 0 Å². The molecule has 7 heteroatoms. The predicted molar refractivity (Wildman–Crippen MR) is 68.4 cm³/mol. The SMILES string of the molecule is C=CCOC(=O)Nc1nnc(-c2cccs2)s1. The largest absolute Gasteiger partial charge is 0.445 e. The third-order valence-corrected chi connectivity index (χ3v) is 3.58. The zero-order valence-corrected chi connectivity index (χ0v) is 10.4. The average molecular weight is 267 g/mol. The van der Waals surface area contributed by atoms with Gasteiger partial charge >= 0.3 is 6.09 Å². The van der Waals surface area contributed by atoms with Gasteiger partial charge in [0.1, 0.15) is 6.61 Å². The molecule has 0 spiro atoms. The zero-order valence-electron chi connectivity index (χ0n) is 8.75. The number of nitrogens with one attached hydrogen (secondary N) is 1. The second-order valence-electron chi connectivity index (χ2n) is 2.90. The van der Waals surface area contributed by atoms with E-state index >= 15 is 0 Å². The smallest absolute Gasteiger partial charge is 0.413 e. The van der Waals surface area contributed by atoms with Crippen molar-refractivity contribution in [2.75, 3.05) is 11.9 Å². The van der Waals surface area contributed by atoms with Gasteiger partial charge in [-0.3, -0.25) is 5.32 Å². The number of hydrogen-bond donors (Lipinski definition) is 1. The molecule has 0 radical (unpaired) electrons. The van der Waals surface area contributed by atoms with Crippen LogP contribution in [0.25, 0.3) is 9.88 Å². The minimum atomic E-state index is -0.557. The quantitative estimate of drug-likeness (QED) is 0.865. The summed E-state index contributed by atoms with van der Waals surface area (Å²) >= 11 is 2.88. The number of thiophene rings is 1. The maximum atomic E-state index is 11.2. The van der Waals surface area contributed by atoms with E-state index in [1.165, 1.54) is 17.4 Å². The molecule has 2 heterocycles. The van der Waals surface area contributed by atoms with Crippen LogP contribution in [0.1, 0.15) is 0 Å². The number of ether oxygens (including phenoxy) is 1. The molecule has 0 atom stereocenters. The Morgan fingerprint density at radius 1 is 1.59 bits per heavy atom. The third-order valence-electron chi connectivity index (χ3n) is 1.70. The summed E-state index contributed by atoms with van der Waals surface area (Å²) in [6.07, 6.45) is 0.940. The molecule has 0 saturated heterocycles. The molecule has 0 aliphatic rings. The minimum absolute atomic E-state index is 0.169. The molecule has 2 rings (SSSR count). The highest BCUT2D eigenvalue weighted by atomic mass is 32.1. The molecule has 0 fully saturated rings. The van der Waals surface area contributed by atoms with Crippen molar-refractivity contribution in [1.29, 1.82) is 0 Å². The van der Waals surface area contributed by atoms with E-state index in [1.807, 2.05) is 17.5 Å². The maximum Gasteiger partial charge on any atom is 0.413 e. The zero-order chi connectivity index (χ0) is 12.1. The van der Waals surface area contributed by atoms with Crippen molar-refractivity contribution < 1.29 is 9.53 Å². The summed E-state index contributed by atoms with van der Waals surface area (Å²) in [6.45, 7) is 3.62. The van der Waals surface area contributed by atoms with Crippen LogP contribution in [0.5, 0.6) is 0 Å². The highest BCUT2D eigenvalue weighted by molar-refractivity contribution is 7.23.